The zero-order valence-electron chi connectivity index (χ0n) is 18.9. The summed E-state index contributed by atoms with van der Waals surface area (Å²) in [6.45, 7) is 7.63. The highest BCUT2D eigenvalue weighted by Crippen LogP contribution is 2.40. The van der Waals surface area contributed by atoms with Gasteiger partial charge in [-0.2, -0.15) is 0 Å². The summed E-state index contributed by atoms with van der Waals surface area (Å²) in [4.78, 5) is 7.89. The van der Waals surface area contributed by atoms with Crippen LogP contribution < -0.4 is 9.62 Å². The molecule has 2 fully saturated rings. The van der Waals surface area contributed by atoms with E-state index in [-0.39, 0.29) is 16.5 Å². The molecule has 0 bridgehead atoms. The topological polar surface area (TPSA) is 78.6 Å². The predicted molar refractivity (Wildman–Crippen MR) is 127 cm³/mol. The molecule has 11 heteroatoms. The van der Waals surface area contributed by atoms with Crippen LogP contribution in [0.5, 0.6) is 0 Å². The standard InChI is InChI=1S/C22H28F2N6OS2/c1-21(2,31)13-4-8-29(9-5-13)15-10-14(33-28-22(3)6-7-22)12-30-16(15)11-25-18(30)20-27-26-19(32-20)17(23)24/h10-13,17,28,31H,4-9H2,1-3H3. The zero-order valence-corrected chi connectivity index (χ0v) is 20.5. The molecule has 3 aromatic rings. The summed E-state index contributed by atoms with van der Waals surface area (Å²) in [5.74, 6) is 0.774. The van der Waals surface area contributed by atoms with Crippen molar-refractivity contribution in [3.8, 4) is 10.8 Å². The van der Waals surface area contributed by atoms with Gasteiger partial charge in [0.05, 0.1) is 23.0 Å². The van der Waals surface area contributed by atoms with Crippen LogP contribution in [0.2, 0.25) is 0 Å². The highest BCUT2D eigenvalue weighted by molar-refractivity contribution is 7.97. The van der Waals surface area contributed by atoms with E-state index in [4.69, 9.17) is 0 Å². The number of hydrogen-bond donors (Lipinski definition) is 2. The molecule has 4 heterocycles. The minimum absolute atomic E-state index is 0.161. The molecule has 2 aliphatic rings. The van der Waals surface area contributed by atoms with Crippen molar-refractivity contribution in [2.75, 3.05) is 18.0 Å². The van der Waals surface area contributed by atoms with Crippen molar-refractivity contribution in [1.29, 1.82) is 0 Å². The maximum absolute atomic E-state index is 13.1. The lowest BCUT2D eigenvalue weighted by Gasteiger charge is -2.39. The SMILES string of the molecule is CC1(NSc2cc(N3CCC(C(C)(C)O)CC3)c3cnc(-c4nnc(C(F)F)s4)n3c2)CC1. The molecule has 3 aromatic heterocycles. The molecule has 5 rings (SSSR count). The van der Waals surface area contributed by atoms with E-state index in [0.29, 0.717) is 10.8 Å². The first-order chi connectivity index (χ1) is 15.6. The first-order valence-corrected chi connectivity index (χ1v) is 12.8. The molecule has 1 aliphatic heterocycles. The van der Waals surface area contributed by atoms with Gasteiger partial charge in [0.15, 0.2) is 15.8 Å². The second-order valence-electron chi connectivity index (χ2n) is 9.82. The number of aliphatic hydroxyl groups is 1. The number of rotatable bonds is 7. The van der Waals surface area contributed by atoms with Crippen LogP contribution in [0.1, 0.15) is 57.9 Å². The van der Waals surface area contributed by atoms with E-state index in [9.17, 15) is 13.9 Å². The molecule has 0 radical (unpaired) electrons. The van der Waals surface area contributed by atoms with E-state index in [1.165, 1.54) is 0 Å². The Labute approximate surface area is 199 Å². The van der Waals surface area contributed by atoms with E-state index < -0.39 is 12.0 Å². The normalized spacial score (nSPS) is 19.1. The highest BCUT2D eigenvalue weighted by atomic mass is 32.2. The summed E-state index contributed by atoms with van der Waals surface area (Å²) >= 11 is 2.46. The number of nitrogens with one attached hydrogen (secondary N) is 1. The van der Waals surface area contributed by atoms with Crippen molar-refractivity contribution in [1.82, 2.24) is 24.3 Å². The third-order valence-electron chi connectivity index (χ3n) is 6.66. The Kier molecular flexibility index (Phi) is 5.87. The highest BCUT2D eigenvalue weighted by Gasteiger charge is 2.37. The van der Waals surface area contributed by atoms with Crippen molar-refractivity contribution in [2.45, 2.75) is 68.9 Å². The van der Waals surface area contributed by atoms with E-state index in [2.05, 4.69) is 37.8 Å². The van der Waals surface area contributed by atoms with Gasteiger partial charge in [0.25, 0.3) is 6.43 Å². The van der Waals surface area contributed by atoms with Crippen LogP contribution in [0, 0.1) is 5.92 Å². The molecule has 0 aromatic carbocycles. The van der Waals surface area contributed by atoms with E-state index in [0.717, 1.165) is 66.2 Å². The Bertz CT molecular complexity index is 1150. The maximum Gasteiger partial charge on any atom is 0.291 e. The van der Waals surface area contributed by atoms with Gasteiger partial charge >= 0.3 is 0 Å². The Balaban J connectivity index is 1.51. The van der Waals surface area contributed by atoms with Crippen LogP contribution in [0.25, 0.3) is 16.3 Å². The molecule has 0 atom stereocenters. The number of aromatic nitrogens is 4. The first kappa shape index (κ1) is 22.9. The molecule has 1 saturated carbocycles. The number of piperidine rings is 1. The van der Waals surface area contributed by atoms with Gasteiger partial charge < -0.3 is 10.0 Å². The number of fused-ring (bicyclic) bond motifs is 1. The predicted octanol–water partition coefficient (Wildman–Crippen LogP) is 4.93. The molecular formula is C22H28F2N6OS2. The van der Waals surface area contributed by atoms with Crippen molar-refractivity contribution in [3.63, 3.8) is 0 Å². The van der Waals surface area contributed by atoms with Crippen LogP contribution in [0.4, 0.5) is 14.5 Å². The number of imidazole rings is 1. The average Bonchev–Trinajstić information content (AvgIpc) is 3.16. The quantitative estimate of drug-likeness (QED) is 0.451. The van der Waals surface area contributed by atoms with Crippen LogP contribution in [0.15, 0.2) is 23.4 Å². The molecule has 7 nitrogen and oxygen atoms in total. The van der Waals surface area contributed by atoms with Crippen molar-refractivity contribution >= 4 is 34.5 Å². The lowest BCUT2D eigenvalue weighted by molar-refractivity contribution is 0.00653. The summed E-state index contributed by atoms with van der Waals surface area (Å²) in [5, 5.41) is 18.1. The Morgan fingerprint density at radius 3 is 2.61 bits per heavy atom. The Morgan fingerprint density at radius 1 is 1.27 bits per heavy atom. The maximum atomic E-state index is 13.1. The van der Waals surface area contributed by atoms with Gasteiger partial charge in [-0.15, -0.1) is 10.2 Å². The van der Waals surface area contributed by atoms with Gasteiger partial charge in [0.1, 0.15) is 0 Å². The summed E-state index contributed by atoms with van der Waals surface area (Å²) in [5.41, 5.74) is 1.43. The number of hydrogen-bond acceptors (Lipinski definition) is 8. The molecule has 1 aliphatic carbocycles. The van der Waals surface area contributed by atoms with E-state index in [1.54, 1.807) is 18.1 Å². The van der Waals surface area contributed by atoms with Crippen LogP contribution in [-0.4, -0.2) is 48.9 Å². The smallest absolute Gasteiger partial charge is 0.291 e. The zero-order chi connectivity index (χ0) is 23.4. The van der Waals surface area contributed by atoms with Gasteiger partial charge in [-0.1, -0.05) is 11.3 Å². The monoisotopic (exact) mass is 494 g/mol. The average molecular weight is 495 g/mol. The van der Waals surface area contributed by atoms with Crippen LogP contribution in [-0.2, 0) is 0 Å². The Hall–Kier alpha value is -1.82. The molecule has 33 heavy (non-hydrogen) atoms. The molecule has 2 N–H and O–H groups in total. The lowest BCUT2D eigenvalue weighted by atomic mass is 9.83. The van der Waals surface area contributed by atoms with Gasteiger partial charge in [0.2, 0.25) is 0 Å². The summed E-state index contributed by atoms with van der Waals surface area (Å²) in [7, 11) is 0. The van der Waals surface area contributed by atoms with Gasteiger partial charge in [0, 0.05) is 29.7 Å². The summed E-state index contributed by atoms with van der Waals surface area (Å²) in [6.07, 6.45) is 5.22. The number of alkyl halides is 2. The fourth-order valence-corrected chi connectivity index (χ4v) is 5.82. The molecule has 1 saturated heterocycles. The molecule has 0 spiro atoms. The van der Waals surface area contributed by atoms with Crippen molar-refractivity contribution in [3.05, 3.63) is 23.5 Å². The van der Waals surface area contributed by atoms with Gasteiger partial charge in [-0.3, -0.25) is 9.12 Å². The minimum Gasteiger partial charge on any atom is -0.390 e. The van der Waals surface area contributed by atoms with Crippen LogP contribution >= 0.6 is 23.3 Å². The van der Waals surface area contributed by atoms with Gasteiger partial charge in [-0.25, -0.2) is 13.8 Å². The lowest BCUT2D eigenvalue weighted by Crippen LogP contribution is -2.42. The second kappa shape index (κ2) is 8.44. The number of nitrogens with zero attached hydrogens (tertiary/aromatic N) is 5. The van der Waals surface area contributed by atoms with Crippen molar-refractivity contribution in [2.24, 2.45) is 5.92 Å². The number of anilines is 1. The Morgan fingerprint density at radius 2 is 2.00 bits per heavy atom. The summed E-state index contributed by atoms with van der Waals surface area (Å²) in [6, 6.07) is 2.17. The fourth-order valence-electron chi connectivity index (χ4n) is 4.23. The third kappa shape index (κ3) is 4.73. The molecule has 0 amide bonds. The summed E-state index contributed by atoms with van der Waals surface area (Å²) < 4.78 is 31.7. The minimum atomic E-state index is -2.65. The number of halogens is 2. The van der Waals surface area contributed by atoms with Crippen LogP contribution in [0.3, 0.4) is 0 Å². The third-order valence-corrected chi connectivity index (χ3v) is 8.64. The van der Waals surface area contributed by atoms with Crippen molar-refractivity contribution < 1.29 is 13.9 Å². The second-order valence-corrected chi connectivity index (χ2v) is 11.7. The largest absolute Gasteiger partial charge is 0.390 e. The van der Waals surface area contributed by atoms with Gasteiger partial charge in [-0.05, 0) is 70.4 Å². The first-order valence-electron chi connectivity index (χ1n) is 11.2. The molecule has 0 unspecified atom stereocenters. The fraction of sp³-hybridized carbons (Fsp3) is 0.591. The number of pyridine rings is 1. The van der Waals surface area contributed by atoms with E-state index in [1.807, 2.05) is 24.4 Å². The molecule has 178 valence electrons. The van der Waals surface area contributed by atoms with E-state index >= 15 is 0 Å². The molecular weight excluding hydrogens is 466 g/mol.